The van der Waals surface area contributed by atoms with Gasteiger partial charge in [0.1, 0.15) is 17.5 Å². The summed E-state index contributed by atoms with van der Waals surface area (Å²) >= 11 is 0. The standard InChI is InChI=1S/C14H11N5/c1-16-13-9(6-15)7-18-14(19-13)11-8-17-12-5-3-2-4-10(11)12/h2-5,7-8,17H,1H3,(H,16,18,19). The minimum atomic E-state index is 0.436. The largest absolute Gasteiger partial charge is 0.372 e. The van der Waals surface area contributed by atoms with Crippen LogP contribution in [0.5, 0.6) is 0 Å². The van der Waals surface area contributed by atoms with Crippen molar-refractivity contribution in [2.45, 2.75) is 0 Å². The maximum atomic E-state index is 8.97. The van der Waals surface area contributed by atoms with Crippen LogP contribution in [0.3, 0.4) is 0 Å². The summed E-state index contributed by atoms with van der Waals surface area (Å²) in [7, 11) is 1.74. The minimum Gasteiger partial charge on any atom is -0.372 e. The molecule has 3 aromatic rings. The molecule has 2 aromatic heterocycles. The van der Waals surface area contributed by atoms with E-state index in [0.717, 1.165) is 16.5 Å². The van der Waals surface area contributed by atoms with Crippen LogP contribution < -0.4 is 5.32 Å². The highest BCUT2D eigenvalue weighted by atomic mass is 15.0. The third-order valence-electron chi connectivity index (χ3n) is 2.98. The van der Waals surface area contributed by atoms with Gasteiger partial charge < -0.3 is 10.3 Å². The molecule has 3 rings (SSSR count). The van der Waals surface area contributed by atoms with E-state index in [-0.39, 0.29) is 0 Å². The molecule has 2 heterocycles. The van der Waals surface area contributed by atoms with Crippen LogP contribution in [0.2, 0.25) is 0 Å². The number of H-pyrrole nitrogens is 1. The summed E-state index contributed by atoms with van der Waals surface area (Å²) in [5, 5.41) is 12.9. The van der Waals surface area contributed by atoms with Crippen LogP contribution in [-0.2, 0) is 0 Å². The Morgan fingerprint density at radius 1 is 1.32 bits per heavy atom. The lowest BCUT2D eigenvalue weighted by Crippen LogP contribution is -1.99. The predicted octanol–water partition coefficient (Wildman–Crippen LogP) is 2.54. The average molecular weight is 249 g/mol. The first-order valence-electron chi connectivity index (χ1n) is 5.85. The van der Waals surface area contributed by atoms with E-state index >= 15 is 0 Å². The number of fused-ring (bicyclic) bond motifs is 1. The van der Waals surface area contributed by atoms with Gasteiger partial charge in [0, 0.05) is 29.7 Å². The molecule has 0 amide bonds. The fraction of sp³-hybridized carbons (Fsp3) is 0.0714. The van der Waals surface area contributed by atoms with Crippen LogP contribution in [0.25, 0.3) is 22.3 Å². The second-order valence-electron chi connectivity index (χ2n) is 4.07. The van der Waals surface area contributed by atoms with E-state index in [2.05, 4.69) is 26.3 Å². The zero-order valence-electron chi connectivity index (χ0n) is 10.3. The summed E-state index contributed by atoms with van der Waals surface area (Å²) in [4.78, 5) is 11.8. The topological polar surface area (TPSA) is 77.4 Å². The SMILES string of the molecule is CNc1nc(-c2c[nH]c3ccccc23)ncc1C#N. The van der Waals surface area contributed by atoms with E-state index in [1.165, 1.54) is 6.20 Å². The van der Waals surface area contributed by atoms with Gasteiger partial charge in [-0.25, -0.2) is 9.97 Å². The molecule has 0 unspecified atom stereocenters. The monoisotopic (exact) mass is 249 g/mol. The van der Waals surface area contributed by atoms with Crippen LogP contribution in [0, 0.1) is 11.3 Å². The lowest BCUT2D eigenvalue weighted by Gasteiger charge is -2.04. The molecule has 19 heavy (non-hydrogen) atoms. The Balaban J connectivity index is 2.20. The number of nitrogens with zero attached hydrogens (tertiary/aromatic N) is 3. The van der Waals surface area contributed by atoms with Gasteiger partial charge in [-0.15, -0.1) is 0 Å². The molecule has 0 fully saturated rings. The minimum absolute atomic E-state index is 0.436. The van der Waals surface area contributed by atoms with Crippen molar-refractivity contribution in [2.24, 2.45) is 0 Å². The lowest BCUT2D eigenvalue weighted by atomic mass is 10.1. The van der Waals surface area contributed by atoms with Crippen LogP contribution in [0.15, 0.2) is 36.7 Å². The van der Waals surface area contributed by atoms with Gasteiger partial charge in [0.2, 0.25) is 0 Å². The Morgan fingerprint density at radius 3 is 2.95 bits per heavy atom. The molecule has 1 aromatic carbocycles. The van der Waals surface area contributed by atoms with E-state index in [0.29, 0.717) is 17.2 Å². The molecule has 5 heteroatoms. The average Bonchev–Trinajstić information content (AvgIpc) is 2.90. The maximum Gasteiger partial charge on any atom is 0.163 e. The fourth-order valence-electron chi connectivity index (χ4n) is 2.04. The van der Waals surface area contributed by atoms with Crippen molar-refractivity contribution in [1.82, 2.24) is 15.0 Å². The molecule has 0 aliphatic rings. The molecule has 0 aliphatic carbocycles. The number of anilines is 1. The number of aromatic nitrogens is 3. The van der Waals surface area contributed by atoms with Gasteiger partial charge in [0.25, 0.3) is 0 Å². The molecular weight excluding hydrogens is 238 g/mol. The highest BCUT2D eigenvalue weighted by Crippen LogP contribution is 2.26. The quantitative estimate of drug-likeness (QED) is 0.731. The van der Waals surface area contributed by atoms with Gasteiger partial charge in [0.15, 0.2) is 5.82 Å². The number of hydrogen-bond acceptors (Lipinski definition) is 4. The highest BCUT2D eigenvalue weighted by molar-refractivity contribution is 5.93. The van der Waals surface area contributed by atoms with Crippen LogP contribution in [0.4, 0.5) is 5.82 Å². The van der Waals surface area contributed by atoms with Crippen molar-refractivity contribution in [1.29, 1.82) is 5.26 Å². The third-order valence-corrected chi connectivity index (χ3v) is 2.98. The van der Waals surface area contributed by atoms with Crippen molar-refractivity contribution in [3.05, 3.63) is 42.2 Å². The number of benzene rings is 1. The third kappa shape index (κ3) is 1.79. The Bertz CT molecular complexity index is 782. The second kappa shape index (κ2) is 4.42. The first kappa shape index (κ1) is 11.2. The molecule has 0 spiro atoms. The van der Waals surface area contributed by atoms with Gasteiger partial charge >= 0.3 is 0 Å². The lowest BCUT2D eigenvalue weighted by molar-refractivity contribution is 1.15. The maximum absolute atomic E-state index is 8.97. The van der Waals surface area contributed by atoms with Gasteiger partial charge in [-0.3, -0.25) is 0 Å². The number of nitrogens with one attached hydrogen (secondary N) is 2. The van der Waals surface area contributed by atoms with Crippen molar-refractivity contribution < 1.29 is 0 Å². The van der Waals surface area contributed by atoms with Gasteiger partial charge in [-0.1, -0.05) is 18.2 Å². The van der Waals surface area contributed by atoms with E-state index in [1.54, 1.807) is 7.05 Å². The molecule has 2 N–H and O–H groups in total. The highest BCUT2D eigenvalue weighted by Gasteiger charge is 2.11. The van der Waals surface area contributed by atoms with E-state index in [9.17, 15) is 0 Å². The molecule has 0 saturated heterocycles. The van der Waals surface area contributed by atoms with Crippen molar-refractivity contribution >= 4 is 16.7 Å². The van der Waals surface area contributed by atoms with Crippen LogP contribution >= 0.6 is 0 Å². The van der Waals surface area contributed by atoms with Crippen LogP contribution in [0.1, 0.15) is 5.56 Å². The van der Waals surface area contributed by atoms with Gasteiger partial charge in [-0.2, -0.15) is 5.26 Å². The summed E-state index contributed by atoms with van der Waals surface area (Å²) in [5.74, 6) is 1.14. The van der Waals surface area contributed by atoms with E-state index < -0.39 is 0 Å². The molecule has 0 radical (unpaired) electrons. The number of aromatic amines is 1. The van der Waals surface area contributed by atoms with Crippen molar-refractivity contribution in [3.8, 4) is 17.5 Å². The zero-order chi connectivity index (χ0) is 13.2. The fourth-order valence-corrected chi connectivity index (χ4v) is 2.04. The van der Waals surface area contributed by atoms with E-state index in [1.807, 2.05) is 30.5 Å². The number of hydrogen-bond donors (Lipinski definition) is 2. The Morgan fingerprint density at radius 2 is 2.16 bits per heavy atom. The zero-order valence-corrected chi connectivity index (χ0v) is 10.3. The van der Waals surface area contributed by atoms with Crippen molar-refractivity contribution in [2.75, 3.05) is 12.4 Å². The number of rotatable bonds is 2. The Labute approximate surface area is 109 Å². The van der Waals surface area contributed by atoms with Gasteiger partial charge in [-0.05, 0) is 6.07 Å². The first-order valence-corrected chi connectivity index (χ1v) is 5.85. The number of nitriles is 1. The summed E-state index contributed by atoms with van der Waals surface area (Å²) in [6.45, 7) is 0. The summed E-state index contributed by atoms with van der Waals surface area (Å²) in [6, 6.07) is 10.0. The molecule has 0 saturated carbocycles. The van der Waals surface area contributed by atoms with Crippen LogP contribution in [-0.4, -0.2) is 22.0 Å². The number of para-hydroxylation sites is 1. The smallest absolute Gasteiger partial charge is 0.163 e. The van der Waals surface area contributed by atoms with Crippen molar-refractivity contribution in [3.63, 3.8) is 0 Å². The Kier molecular flexibility index (Phi) is 2.62. The molecule has 0 aliphatic heterocycles. The summed E-state index contributed by atoms with van der Waals surface area (Å²) in [5.41, 5.74) is 2.40. The molecule has 5 nitrogen and oxygen atoms in total. The summed E-state index contributed by atoms with van der Waals surface area (Å²) in [6.07, 6.45) is 3.42. The molecule has 0 atom stereocenters. The Hall–Kier alpha value is -2.87. The van der Waals surface area contributed by atoms with Gasteiger partial charge in [0.05, 0.1) is 6.20 Å². The first-order chi connectivity index (χ1) is 9.33. The predicted molar refractivity (Wildman–Crippen MR) is 73.6 cm³/mol. The summed E-state index contributed by atoms with van der Waals surface area (Å²) < 4.78 is 0. The molecule has 0 bridgehead atoms. The molecular formula is C14H11N5. The normalized spacial score (nSPS) is 10.3. The second-order valence-corrected chi connectivity index (χ2v) is 4.07. The molecule has 92 valence electrons. The van der Waals surface area contributed by atoms with E-state index in [4.69, 9.17) is 5.26 Å².